The normalized spacial score (nSPS) is 13.5. The average Bonchev–Trinajstić information content (AvgIpc) is 2.20. The van der Waals surface area contributed by atoms with E-state index in [1.54, 1.807) is 0 Å². The van der Waals surface area contributed by atoms with Crippen LogP contribution in [0, 0.1) is 0 Å². The highest BCUT2D eigenvalue weighted by molar-refractivity contribution is 7.51. The Morgan fingerprint density at radius 2 is 2.17 bits per heavy atom. The van der Waals surface area contributed by atoms with E-state index in [0.29, 0.717) is 0 Å². The van der Waals surface area contributed by atoms with Crippen molar-refractivity contribution in [1.82, 2.24) is 9.55 Å². The fraction of sp³-hybridized carbons (Fsp3) is 0.500. The van der Waals surface area contributed by atoms with Gasteiger partial charge in [-0.15, -0.1) is 0 Å². The molecular formula is C8H14N3O6P. The molecule has 0 amide bonds. The van der Waals surface area contributed by atoms with E-state index in [0.717, 1.165) is 0 Å². The molecule has 0 radical (unpaired) electrons. The van der Waals surface area contributed by atoms with Crippen LogP contribution >= 0.6 is 7.60 Å². The number of hydrogen-bond donors (Lipinski definition) is 4. The maximum absolute atomic E-state index is 11.3. The van der Waals surface area contributed by atoms with Crippen molar-refractivity contribution in [1.29, 1.82) is 0 Å². The fourth-order valence-corrected chi connectivity index (χ4v) is 1.56. The van der Waals surface area contributed by atoms with Crippen molar-refractivity contribution in [2.24, 2.45) is 5.73 Å². The summed E-state index contributed by atoms with van der Waals surface area (Å²) in [5.74, 6) is 0. The van der Waals surface area contributed by atoms with Gasteiger partial charge in [-0.25, -0.2) is 4.79 Å². The maximum Gasteiger partial charge on any atom is 0.350 e. The van der Waals surface area contributed by atoms with Crippen molar-refractivity contribution >= 4 is 7.60 Å². The van der Waals surface area contributed by atoms with Crippen LogP contribution in [0.25, 0.3) is 0 Å². The van der Waals surface area contributed by atoms with Gasteiger partial charge in [0.2, 0.25) is 0 Å². The van der Waals surface area contributed by atoms with E-state index in [-0.39, 0.29) is 13.2 Å². The molecule has 1 aromatic rings. The van der Waals surface area contributed by atoms with E-state index in [9.17, 15) is 14.2 Å². The van der Waals surface area contributed by atoms with Crippen LogP contribution in [0.4, 0.5) is 0 Å². The van der Waals surface area contributed by atoms with E-state index in [1.165, 1.54) is 16.8 Å². The fourth-order valence-electron chi connectivity index (χ4n) is 1.22. The van der Waals surface area contributed by atoms with Gasteiger partial charge in [0.05, 0.1) is 6.61 Å². The van der Waals surface area contributed by atoms with E-state index in [1.807, 2.05) is 0 Å². The molecule has 9 nitrogen and oxygen atoms in total. The Balaban J connectivity index is 2.50. The van der Waals surface area contributed by atoms with Gasteiger partial charge in [0.25, 0.3) is 5.56 Å². The summed E-state index contributed by atoms with van der Waals surface area (Å²) in [6.07, 6.45) is 0.561. The molecule has 18 heavy (non-hydrogen) atoms. The van der Waals surface area contributed by atoms with Crippen LogP contribution < -0.4 is 17.0 Å². The topological polar surface area (TPSA) is 148 Å². The van der Waals surface area contributed by atoms with Gasteiger partial charge in [-0.1, -0.05) is 0 Å². The van der Waals surface area contributed by atoms with Gasteiger partial charge in [-0.05, 0) is 0 Å². The molecule has 5 N–H and O–H groups in total. The second-order valence-corrected chi connectivity index (χ2v) is 5.27. The zero-order valence-corrected chi connectivity index (χ0v) is 10.2. The van der Waals surface area contributed by atoms with Crippen LogP contribution in [-0.4, -0.2) is 38.3 Å². The largest absolute Gasteiger partial charge is 0.367 e. The van der Waals surface area contributed by atoms with Crippen LogP contribution in [-0.2, 0) is 15.8 Å². The van der Waals surface area contributed by atoms with Crippen LogP contribution in [0.5, 0.6) is 0 Å². The maximum atomic E-state index is 11.3. The molecule has 0 aliphatic carbocycles. The molecule has 1 unspecified atom stereocenters. The van der Waals surface area contributed by atoms with Crippen molar-refractivity contribution in [3.8, 4) is 0 Å². The molecule has 1 atom stereocenters. The molecule has 1 aromatic heterocycles. The lowest BCUT2D eigenvalue weighted by molar-refractivity contribution is 0.138. The Morgan fingerprint density at radius 3 is 2.72 bits per heavy atom. The number of aromatic nitrogens is 2. The molecule has 102 valence electrons. The third kappa shape index (κ3) is 5.39. The standard InChI is InChI=1S/C8H14N3O6P/c9-6(4-17-5-18(14,15)16)3-11-2-1-7(12)10-8(11)13/h1-2,6H,3-5,9H2,(H,10,12,13)(H2,14,15,16). The molecule has 1 heterocycles. The summed E-state index contributed by atoms with van der Waals surface area (Å²) in [7, 11) is -4.21. The van der Waals surface area contributed by atoms with Crippen molar-refractivity contribution in [3.05, 3.63) is 33.1 Å². The third-order valence-electron chi connectivity index (χ3n) is 1.92. The van der Waals surface area contributed by atoms with Crippen molar-refractivity contribution in [2.45, 2.75) is 12.6 Å². The number of ether oxygens (including phenoxy) is 1. The van der Waals surface area contributed by atoms with Gasteiger partial charge in [0.15, 0.2) is 0 Å². The number of H-pyrrole nitrogens is 1. The van der Waals surface area contributed by atoms with Crippen LogP contribution in [0.15, 0.2) is 21.9 Å². The lowest BCUT2D eigenvalue weighted by Crippen LogP contribution is -2.37. The second kappa shape index (κ2) is 6.07. The van der Waals surface area contributed by atoms with E-state index >= 15 is 0 Å². The highest BCUT2D eigenvalue weighted by Crippen LogP contribution is 2.33. The van der Waals surface area contributed by atoms with E-state index in [4.69, 9.17) is 20.3 Å². The minimum absolute atomic E-state index is 0.0662. The van der Waals surface area contributed by atoms with Crippen molar-refractivity contribution in [2.75, 3.05) is 13.0 Å². The number of aromatic amines is 1. The molecule has 0 saturated heterocycles. The first kappa shape index (κ1) is 14.8. The molecule has 0 bridgehead atoms. The molecule has 10 heteroatoms. The number of nitrogens with two attached hydrogens (primary N) is 1. The Morgan fingerprint density at radius 1 is 1.50 bits per heavy atom. The molecule has 0 saturated carbocycles. The van der Waals surface area contributed by atoms with Crippen molar-refractivity contribution < 1.29 is 19.1 Å². The lowest BCUT2D eigenvalue weighted by atomic mass is 10.3. The second-order valence-electron chi connectivity index (χ2n) is 3.69. The summed E-state index contributed by atoms with van der Waals surface area (Å²) in [4.78, 5) is 41.2. The number of rotatable bonds is 6. The van der Waals surface area contributed by atoms with Gasteiger partial charge in [0, 0.05) is 24.8 Å². The summed E-state index contributed by atoms with van der Waals surface area (Å²) < 4.78 is 16.4. The lowest BCUT2D eigenvalue weighted by Gasteiger charge is -2.13. The number of nitrogens with zero attached hydrogens (tertiary/aromatic N) is 1. The van der Waals surface area contributed by atoms with Crippen molar-refractivity contribution in [3.63, 3.8) is 0 Å². The number of hydrogen-bond acceptors (Lipinski definition) is 5. The smallest absolute Gasteiger partial charge is 0.350 e. The Labute approximate surface area is 101 Å². The van der Waals surface area contributed by atoms with Gasteiger partial charge < -0.3 is 20.3 Å². The third-order valence-corrected chi connectivity index (χ3v) is 2.44. The molecule has 1 rings (SSSR count). The number of nitrogens with one attached hydrogen (secondary N) is 1. The first-order valence-electron chi connectivity index (χ1n) is 4.95. The van der Waals surface area contributed by atoms with Gasteiger partial charge in [-0.2, -0.15) is 0 Å². The SMILES string of the molecule is NC(COCP(=O)(O)O)Cn1ccc(=O)[nH]c1=O. The quantitative estimate of drug-likeness (QED) is 0.441. The zero-order valence-electron chi connectivity index (χ0n) is 9.35. The summed E-state index contributed by atoms with van der Waals surface area (Å²) in [6, 6.07) is 0.546. The first-order valence-corrected chi connectivity index (χ1v) is 6.75. The summed E-state index contributed by atoms with van der Waals surface area (Å²) in [6.45, 7) is -0.0482. The predicted octanol–water partition coefficient (Wildman–Crippen LogP) is -1.98. The average molecular weight is 279 g/mol. The molecular weight excluding hydrogens is 265 g/mol. The predicted molar refractivity (Wildman–Crippen MR) is 62.2 cm³/mol. The van der Waals surface area contributed by atoms with Gasteiger partial charge in [-0.3, -0.25) is 18.9 Å². The minimum atomic E-state index is -4.21. The highest BCUT2D eigenvalue weighted by atomic mass is 31.2. The molecule has 0 aromatic carbocycles. The zero-order chi connectivity index (χ0) is 13.8. The van der Waals surface area contributed by atoms with E-state index < -0.39 is 31.2 Å². The first-order chi connectivity index (χ1) is 8.28. The van der Waals surface area contributed by atoms with E-state index in [2.05, 4.69) is 4.98 Å². The molecule has 0 spiro atoms. The Kier molecular flexibility index (Phi) is 5.00. The van der Waals surface area contributed by atoms with Gasteiger partial charge >= 0.3 is 13.3 Å². The Bertz CT molecular complexity index is 546. The summed E-state index contributed by atoms with van der Waals surface area (Å²) in [5, 5.41) is 0. The highest BCUT2D eigenvalue weighted by Gasteiger charge is 2.14. The summed E-state index contributed by atoms with van der Waals surface area (Å²) in [5.41, 5.74) is 4.50. The van der Waals surface area contributed by atoms with Crippen LogP contribution in [0.2, 0.25) is 0 Å². The molecule has 0 fully saturated rings. The Hall–Kier alpha value is -1.25. The van der Waals surface area contributed by atoms with Crippen LogP contribution in [0.1, 0.15) is 0 Å². The minimum Gasteiger partial charge on any atom is -0.367 e. The van der Waals surface area contributed by atoms with Crippen LogP contribution in [0.3, 0.4) is 0 Å². The van der Waals surface area contributed by atoms with Gasteiger partial charge in [0.1, 0.15) is 6.35 Å². The summed E-state index contributed by atoms with van der Waals surface area (Å²) >= 11 is 0. The molecule has 0 aliphatic rings. The monoisotopic (exact) mass is 279 g/mol. The molecule has 0 aliphatic heterocycles.